The fourth-order valence-corrected chi connectivity index (χ4v) is 2.66. The molecule has 1 atom stereocenters. The minimum absolute atomic E-state index is 0.692. The van der Waals surface area contributed by atoms with Gasteiger partial charge in [0.1, 0.15) is 0 Å². The second-order valence-corrected chi connectivity index (χ2v) is 5.07. The van der Waals surface area contributed by atoms with E-state index < -0.39 is 0 Å². The van der Waals surface area contributed by atoms with Crippen LogP contribution in [0.4, 0.5) is 0 Å². The Morgan fingerprint density at radius 2 is 2.00 bits per heavy atom. The van der Waals surface area contributed by atoms with Gasteiger partial charge in [0.2, 0.25) is 0 Å². The zero-order valence-electron chi connectivity index (χ0n) is 10.3. The number of rotatable bonds is 5. The lowest BCUT2D eigenvalue weighted by molar-refractivity contribution is 0.609. The molecule has 0 radical (unpaired) electrons. The zero-order chi connectivity index (χ0) is 11.4. The third-order valence-corrected chi connectivity index (χ3v) is 3.78. The van der Waals surface area contributed by atoms with Crippen LogP contribution in [0.2, 0.25) is 0 Å². The molecule has 1 heteroatoms. The van der Waals surface area contributed by atoms with Gasteiger partial charge in [0.05, 0.1) is 0 Å². The summed E-state index contributed by atoms with van der Waals surface area (Å²) in [7, 11) is 0. The standard InChI is InChI=1S/C15H23N/c1-12(5-2-3-10-16)14-9-8-13-6-4-7-15(13)11-14/h8-9,11-12H,2-7,10,16H2,1H3. The van der Waals surface area contributed by atoms with E-state index in [9.17, 15) is 0 Å². The predicted molar refractivity (Wildman–Crippen MR) is 69.8 cm³/mol. The lowest BCUT2D eigenvalue weighted by atomic mass is 9.93. The Labute approximate surface area is 99.0 Å². The number of hydrogen-bond donors (Lipinski definition) is 1. The summed E-state index contributed by atoms with van der Waals surface area (Å²) in [5.74, 6) is 0.692. The summed E-state index contributed by atoms with van der Waals surface area (Å²) in [4.78, 5) is 0. The first-order valence-corrected chi connectivity index (χ1v) is 6.63. The van der Waals surface area contributed by atoms with Crippen LogP contribution in [-0.2, 0) is 12.8 Å². The summed E-state index contributed by atoms with van der Waals surface area (Å²) in [6.45, 7) is 3.17. The van der Waals surface area contributed by atoms with E-state index in [2.05, 4.69) is 25.1 Å². The van der Waals surface area contributed by atoms with E-state index in [1.807, 2.05) is 0 Å². The van der Waals surface area contributed by atoms with Crippen molar-refractivity contribution in [1.82, 2.24) is 0 Å². The molecular formula is C15H23N. The summed E-state index contributed by atoms with van der Waals surface area (Å²) >= 11 is 0. The maximum absolute atomic E-state index is 5.53. The van der Waals surface area contributed by atoms with E-state index in [1.54, 1.807) is 11.1 Å². The third kappa shape index (κ3) is 2.65. The monoisotopic (exact) mass is 217 g/mol. The molecule has 0 aliphatic heterocycles. The molecule has 88 valence electrons. The smallest absolute Gasteiger partial charge is 0.00773 e. The highest BCUT2D eigenvalue weighted by Crippen LogP contribution is 2.28. The number of fused-ring (bicyclic) bond motifs is 1. The van der Waals surface area contributed by atoms with Gasteiger partial charge in [-0.15, -0.1) is 0 Å². The van der Waals surface area contributed by atoms with Crippen LogP contribution in [-0.4, -0.2) is 6.54 Å². The van der Waals surface area contributed by atoms with Crippen molar-refractivity contribution in [1.29, 1.82) is 0 Å². The van der Waals surface area contributed by atoms with E-state index in [1.165, 1.54) is 37.7 Å². The highest BCUT2D eigenvalue weighted by atomic mass is 14.5. The Kier molecular flexibility index (Phi) is 4.00. The van der Waals surface area contributed by atoms with Crippen LogP contribution in [0, 0.1) is 0 Å². The first-order chi connectivity index (χ1) is 7.81. The maximum Gasteiger partial charge on any atom is -0.00773 e. The van der Waals surface area contributed by atoms with Gasteiger partial charge in [0.25, 0.3) is 0 Å². The molecule has 0 saturated carbocycles. The molecule has 0 saturated heterocycles. The molecule has 0 bridgehead atoms. The Hall–Kier alpha value is -0.820. The molecule has 0 fully saturated rings. The normalized spacial score (nSPS) is 16.1. The van der Waals surface area contributed by atoms with Crippen molar-refractivity contribution < 1.29 is 0 Å². The first kappa shape index (κ1) is 11.7. The van der Waals surface area contributed by atoms with E-state index in [0.717, 1.165) is 13.0 Å². The van der Waals surface area contributed by atoms with E-state index in [-0.39, 0.29) is 0 Å². The fraction of sp³-hybridized carbons (Fsp3) is 0.600. The van der Waals surface area contributed by atoms with Crippen LogP contribution in [0.25, 0.3) is 0 Å². The summed E-state index contributed by atoms with van der Waals surface area (Å²) in [6.07, 6.45) is 7.62. The second-order valence-electron chi connectivity index (χ2n) is 5.07. The van der Waals surface area contributed by atoms with Crippen LogP contribution in [0.5, 0.6) is 0 Å². The fourth-order valence-electron chi connectivity index (χ4n) is 2.66. The Morgan fingerprint density at radius 1 is 1.19 bits per heavy atom. The van der Waals surface area contributed by atoms with Crippen molar-refractivity contribution in [3.8, 4) is 0 Å². The topological polar surface area (TPSA) is 26.0 Å². The first-order valence-electron chi connectivity index (χ1n) is 6.63. The number of benzene rings is 1. The molecule has 0 heterocycles. The summed E-state index contributed by atoms with van der Waals surface area (Å²) in [5, 5.41) is 0. The maximum atomic E-state index is 5.53. The Bertz CT molecular complexity index is 343. The van der Waals surface area contributed by atoms with Gasteiger partial charge in [0, 0.05) is 0 Å². The van der Waals surface area contributed by atoms with Gasteiger partial charge in [-0.2, -0.15) is 0 Å². The lowest BCUT2D eigenvalue weighted by Crippen LogP contribution is -2.00. The van der Waals surface area contributed by atoms with Crippen LogP contribution in [0.3, 0.4) is 0 Å². The van der Waals surface area contributed by atoms with Crippen molar-refractivity contribution >= 4 is 0 Å². The Balaban J connectivity index is 1.98. The van der Waals surface area contributed by atoms with Gasteiger partial charge in [-0.05, 0) is 61.3 Å². The van der Waals surface area contributed by atoms with Crippen molar-refractivity contribution in [3.05, 3.63) is 34.9 Å². The van der Waals surface area contributed by atoms with Crippen LogP contribution < -0.4 is 5.73 Å². The number of nitrogens with two attached hydrogens (primary N) is 1. The third-order valence-electron chi connectivity index (χ3n) is 3.78. The lowest BCUT2D eigenvalue weighted by Gasteiger charge is -2.13. The van der Waals surface area contributed by atoms with Gasteiger partial charge >= 0.3 is 0 Å². The average molecular weight is 217 g/mol. The predicted octanol–water partition coefficient (Wildman–Crippen LogP) is 3.41. The largest absolute Gasteiger partial charge is 0.330 e. The molecule has 0 spiro atoms. The van der Waals surface area contributed by atoms with Crippen LogP contribution >= 0.6 is 0 Å². The molecule has 1 aromatic carbocycles. The van der Waals surface area contributed by atoms with Crippen LogP contribution in [0.15, 0.2) is 18.2 Å². The second kappa shape index (κ2) is 5.49. The van der Waals surface area contributed by atoms with Crippen molar-refractivity contribution in [2.75, 3.05) is 6.54 Å². The molecule has 2 N–H and O–H groups in total. The van der Waals surface area contributed by atoms with E-state index in [0.29, 0.717) is 5.92 Å². The molecule has 1 aliphatic rings. The summed E-state index contributed by atoms with van der Waals surface area (Å²) in [5.41, 5.74) is 10.2. The number of hydrogen-bond acceptors (Lipinski definition) is 1. The highest BCUT2D eigenvalue weighted by Gasteiger charge is 2.13. The number of aryl methyl sites for hydroxylation is 2. The number of unbranched alkanes of at least 4 members (excludes halogenated alkanes) is 1. The van der Waals surface area contributed by atoms with Gasteiger partial charge in [0.15, 0.2) is 0 Å². The van der Waals surface area contributed by atoms with Crippen molar-refractivity contribution in [3.63, 3.8) is 0 Å². The van der Waals surface area contributed by atoms with Gasteiger partial charge < -0.3 is 5.73 Å². The Morgan fingerprint density at radius 3 is 2.81 bits per heavy atom. The van der Waals surface area contributed by atoms with E-state index in [4.69, 9.17) is 5.73 Å². The summed E-state index contributed by atoms with van der Waals surface area (Å²) < 4.78 is 0. The van der Waals surface area contributed by atoms with Gasteiger partial charge in [-0.1, -0.05) is 31.5 Å². The molecule has 0 aromatic heterocycles. The summed E-state index contributed by atoms with van der Waals surface area (Å²) in [6, 6.07) is 7.11. The molecular weight excluding hydrogens is 194 g/mol. The molecule has 1 nitrogen and oxygen atoms in total. The molecule has 0 amide bonds. The highest BCUT2D eigenvalue weighted by molar-refractivity contribution is 5.36. The molecule has 2 rings (SSSR count). The van der Waals surface area contributed by atoms with Crippen molar-refractivity contribution in [2.24, 2.45) is 5.73 Å². The quantitative estimate of drug-likeness (QED) is 0.752. The molecule has 1 unspecified atom stereocenters. The van der Waals surface area contributed by atoms with Crippen LogP contribution in [0.1, 0.15) is 55.2 Å². The van der Waals surface area contributed by atoms with Crippen molar-refractivity contribution in [2.45, 2.75) is 51.4 Å². The molecule has 1 aromatic rings. The SMILES string of the molecule is CC(CCCCN)c1ccc2c(c1)CCC2. The van der Waals surface area contributed by atoms with Gasteiger partial charge in [-0.3, -0.25) is 0 Å². The van der Waals surface area contributed by atoms with Gasteiger partial charge in [-0.25, -0.2) is 0 Å². The zero-order valence-corrected chi connectivity index (χ0v) is 10.3. The minimum Gasteiger partial charge on any atom is -0.330 e. The minimum atomic E-state index is 0.692. The van der Waals surface area contributed by atoms with E-state index >= 15 is 0 Å². The average Bonchev–Trinajstić information content (AvgIpc) is 2.76. The molecule has 1 aliphatic carbocycles. The molecule has 16 heavy (non-hydrogen) atoms.